The van der Waals surface area contributed by atoms with Gasteiger partial charge in [-0.2, -0.15) is 13.2 Å². The maximum absolute atomic E-state index is 11.9. The molecule has 0 aromatic carbocycles. The van der Waals surface area contributed by atoms with E-state index in [4.69, 9.17) is 5.73 Å². The first-order chi connectivity index (χ1) is 5.99. The standard InChI is InChI=1S/C8H9F3N2.ClH/c9-8(10,11)5-6(12)7-3-1-2-4-13-7;/h1-4,6H,5,12H2;1H/t6-;/m0./s1. The van der Waals surface area contributed by atoms with Gasteiger partial charge in [0.2, 0.25) is 0 Å². The summed E-state index contributed by atoms with van der Waals surface area (Å²) in [7, 11) is 0. The zero-order chi connectivity index (χ0) is 9.90. The van der Waals surface area contributed by atoms with Crippen molar-refractivity contribution in [1.29, 1.82) is 0 Å². The molecule has 1 aromatic heterocycles. The van der Waals surface area contributed by atoms with E-state index in [9.17, 15) is 13.2 Å². The Hall–Kier alpha value is -0.810. The van der Waals surface area contributed by atoms with Crippen LogP contribution in [-0.2, 0) is 0 Å². The number of halogens is 4. The van der Waals surface area contributed by atoms with Crippen molar-refractivity contribution in [3.05, 3.63) is 30.1 Å². The summed E-state index contributed by atoms with van der Waals surface area (Å²) in [6.07, 6.45) is -3.85. The molecule has 0 saturated carbocycles. The van der Waals surface area contributed by atoms with E-state index in [0.29, 0.717) is 0 Å². The van der Waals surface area contributed by atoms with Crippen molar-refractivity contribution in [2.24, 2.45) is 5.73 Å². The highest BCUT2D eigenvalue weighted by Crippen LogP contribution is 2.26. The molecule has 2 nitrogen and oxygen atoms in total. The van der Waals surface area contributed by atoms with E-state index in [0.717, 1.165) is 0 Å². The fourth-order valence-electron chi connectivity index (χ4n) is 0.949. The van der Waals surface area contributed by atoms with Gasteiger partial charge in [-0.25, -0.2) is 0 Å². The predicted molar refractivity (Wildman–Crippen MR) is 49.1 cm³/mol. The van der Waals surface area contributed by atoms with Crippen molar-refractivity contribution in [2.45, 2.75) is 18.6 Å². The normalized spacial score (nSPS) is 13.1. The molecular weight excluding hydrogens is 217 g/mol. The van der Waals surface area contributed by atoms with E-state index in [2.05, 4.69) is 4.98 Å². The van der Waals surface area contributed by atoms with Crippen molar-refractivity contribution in [3.63, 3.8) is 0 Å². The van der Waals surface area contributed by atoms with Crippen molar-refractivity contribution < 1.29 is 13.2 Å². The first-order valence-corrected chi connectivity index (χ1v) is 3.72. The molecule has 0 bridgehead atoms. The molecule has 0 amide bonds. The van der Waals surface area contributed by atoms with Crippen LogP contribution in [0, 0.1) is 0 Å². The van der Waals surface area contributed by atoms with E-state index >= 15 is 0 Å². The summed E-state index contributed by atoms with van der Waals surface area (Å²) in [4.78, 5) is 3.74. The molecule has 0 fully saturated rings. The fraction of sp³-hybridized carbons (Fsp3) is 0.375. The summed E-state index contributed by atoms with van der Waals surface area (Å²) in [6.45, 7) is 0. The maximum atomic E-state index is 11.9. The molecule has 0 aliphatic carbocycles. The molecule has 80 valence electrons. The number of nitrogens with zero attached hydrogens (tertiary/aromatic N) is 1. The number of hydrogen-bond donors (Lipinski definition) is 1. The lowest BCUT2D eigenvalue weighted by Gasteiger charge is -2.12. The van der Waals surface area contributed by atoms with Gasteiger partial charge in [0.25, 0.3) is 0 Å². The summed E-state index contributed by atoms with van der Waals surface area (Å²) < 4.78 is 35.7. The van der Waals surface area contributed by atoms with Gasteiger partial charge in [0, 0.05) is 6.20 Å². The van der Waals surface area contributed by atoms with Crippen LogP contribution in [-0.4, -0.2) is 11.2 Å². The highest BCUT2D eigenvalue weighted by Gasteiger charge is 2.31. The molecule has 0 aliphatic rings. The van der Waals surface area contributed by atoms with E-state index in [1.807, 2.05) is 0 Å². The van der Waals surface area contributed by atoms with Crippen LogP contribution in [0.15, 0.2) is 24.4 Å². The molecule has 1 aromatic rings. The van der Waals surface area contributed by atoms with E-state index in [1.54, 1.807) is 12.1 Å². The van der Waals surface area contributed by atoms with Gasteiger partial charge < -0.3 is 5.73 Å². The molecule has 0 aliphatic heterocycles. The van der Waals surface area contributed by atoms with E-state index in [1.165, 1.54) is 12.3 Å². The molecular formula is C8H10ClF3N2. The van der Waals surface area contributed by atoms with Crippen LogP contribution < -0.4 is 5.73 Å². The van der Waals surface area contributed by atoms with Gasteiger partial charge in [-0.15, -0.1) is 12.4 Å². The monoisotopic (exact) mass is 226 g/mol. The third-order valence-electron chi connectivity index (χ3n) is 1.52. The number of pyridine rings is 1. The second-order valence-corrected chi connectivity index (χ2v) is 2.68. The number of rotatable bonds is 2. The first kappa shape index (κ1) is 13.2. The van der Waals surface area contributed by atoms with Gasteiger partial charge in [0.1, 0.15) is 0 Å². The van der Waals surface area contributed by atoms with Crippen LogP contribution in [0.2, 0.25) is 0 Å². The maximum Gasteiger partial charge on any atom is 0.390 e. The van der Waals surface area contributed by atoms with Gasteiger partial charge in [-0.1, -0.05) is 6.07 Å². The molecule has 0 radical (unpaired) electrons. The Balaban J connectivity index is 0.00000169. The molecule has 1 rings (SSSR count). The third kappa shape index (κ3) is 4.43. The molecule has 0 unspecified atom stereocenters. The van der Waals surface area contributed by atoms with Gasteiger partial charge >= 0.3 is 6.18 Å². The van der Waals surface area contributed by atoms with Gasteiger partial charge in [0.05, 0.1) is 18.2 Å². The molecule has 0 spiro atoms. The van der Waals surface area contributed by atoms with Crippen molar-refractivity contribution in [2.75, 3.05) is 0 Å². The Morgan fingerprint density at radius 2 is 2.00 bits per heavy atom. The van der Waals surface area contributed by atoms with Gasteiger partial charge in [-0.3, -0.25) is 4.98 Å². The minimum absolute atomic E-state index is 0. The summed E-state index contributed by atoms with van der Waals surface area (Å²) in [6, 6.07) is 3.65. The summed E-state index contributed by atoms with van der Waals surface area (Å²) in [5.41, 5.74) is 5.56. The molecule has 1 atom stereocenters. The van der Waals surface area contributed by atoms with Crippen LogP contribution in [0.3, 0.4) is 0 Å². The Bertz CT molecular complexity index is 263. The zero-order valence-corrected chi connectivity index (χ0v) is 7.98. The topological polar surface area (TPSA) is 38.9 Å². The molecule has 1 heterocycles. The van der Waals surface area contributed by atoms with Crippen molar-refractivity contribution in [1.82, 2.24) is 4.98 Å². The van der Waals surface area contributed by atoms with Gasteiger partial charge in [-0.05, 0) is 12.1 Å². The second kappa shape index (κ2) is 5.17. The molecule has 0 saturated heterocycles. The van der Waals surface area contributed by atoms with E-state index in [-0.39, 0.29) is 18.1 Å². The number of nitrogens with two attached hydrogens (primary N) is 1. The minimum Gasteiger partial charge on any atom is -0.322 e. The number of alkyl halides is 3. The lowest BCUT2D eigenvalue weighted by atomic mass is 10.1. The number of aromatic nitrogens is 1. The van der Waals surface area contributed by atoms with Crippen LogP contribution in [0.1, 0.15) is 18.2 Å². The zero-order valence-electron chi connectivity index (χ0n) is 7.16. The van der Waals surface area contributed by atoms with Crippen molar-refractivity contribution in [3.8, 4) is 0 Å². The first-order valence-electron chi connectivity index (χ1n) is 3.72. The van der Waals surface area contributed by atoms with Crippen LogP contribution in [0.4, 0.5) is 13.2 Å². The summed E-state index contributed by atoms with van der Waals surface area (Å²) in [5.74, 6) is 0. The van der Waals surface area contributed by atoms with E-state index < -0.39 is 18.6 Å². The van der Waals surface area contributed by atoms with Crippen LogP contribution in [0.25, 0.3) is 0 Å². The summed E-state index contributed by atoms with van der Waals surface area (Å²) >= 11 is 0. The second-order valence-electron chi connectivity index (χ2n) is 2.68. The van der Waals surface area contributed by atoms with Crippen molar-refractivity contribution >= 4 is 12.4 Å². The molecule has 2 N–H and O–H groups in total. The molecule has 6 heteroatoms. The predicted octanol–water partition coefficient (Wildman–Crippen LogP) is 2.46. The SMILES string of the molecule is Cl.N[C@@H](CC(F)(F)F)c1ccccn1. The Kier molecular flexibility index (Phi) is 4.87. The number of hydrogen-bond acceptors (Lipinski definition) is 2. The molecule has 14 heavy (non-hydrogen) atoms. The average Bonchev–Trinajstić information content (AvgIpc) is 2.03. The van der Waals surface area contributed by atoms with Crippen LogP contribution >= 0.6 is 12.4 Å². The fourth-order valence-corrected chi connectivity index (χ4v) is 0.949. The van der Waals surface area contributed by atoms with Crippen LogP contribution in [0.5, 0.6) is 0 Å². The largest absolute Gasteiger partial charge is 0.390 e. The average molecular weight is 227 g/mol. The lowest BCUT2D eigenvalue weighted by Crippen LogP contribution is -2.20. The quantitative estimate of drug-likeness (QED) is 0.841. The Labute approximate surface area is 85.7 Å². The Morgan fingerprint density at radius 1 is 1.36 bits per heavy atom. The lowest BCUT2D eigenvalue weighted by molar-refractivity contribution is -0.138. The Morgan fingerprint density at radius 3 is 2.43 bits per heavy atom. The summed E-state index contributed by atoms with van der Waals surface area (Å²) in [5, 5.41) is 0. The highest BCUT2D eigenvalue weighted by atomic mass is 35.5. The highest BCUT2D eigenvalue weighted by molar-refractivity contribution is 5.85. The minimum atomic E-state index is -4.24. The van der Waals surface area contributed by atoms with Gasteiger partial charge in [0.15, 0.2) is 0 Å². The third-order valence-corrected chi connectivity index (χ3v) is 1.52. The smallest absolute Gasteiger partial charge is 0.322 e.